The number of aromatic nitrogens is 4. The van der Waals surface area contributed by atoms with Crippen LogP contribution in [0.1, 0.15) is 0 Å². The van der Waals surface area contributed by atoms with Crippen molar-refractivity contribution in [2.45, 2.75) is 0 Å². The van der Waals surface area contributed by atoms with E-state index >= 15 is 0 Å². The third kappa shape index (κ3) is 4.69. The summed E-state index contributed by atoms with van der Waals surface area (Å²) in [6.45, 7) is 0. The minimum absolute atomic E-state index is 0.593. The Balaban J connectivity index is 0.998. The molecule has 0 bridgehead atoms. The molecule has 0 fully saturated rings. The first kappa shape index (κ1) is 30.7. The first-order valence-corrected chi connectivity index (χ1v) is 18.7. The van der Waals surface area contributed by atoms with Crippen LogP contribution in [0.2, 0.25) is 0 Å². The van der Waals surface area contributed by atoms with Crippen LogP contribution in [-0.2, 0) is 0 Å². The number of hydrogen-bond donors (Lipinski definition) is 0. The van der Waals surface area contributed by atoms with Gasteiger partial charge in [-0.25, -0.2) is 9.97 Å². The molecule has 12 aromatic rings. The number of nitrogens with zero attached hydrogens (tertiary/aromatic N) is 4. The molecule has 0 N–H and O–H groups in total. The minimum atomic E-state index is 0.593. The number of rotatable bonds is 5. The fourth-order valence-corrected chi connectivity index (χ4v) is 8.39. The molecule has 0 atom stereocenters. The van der Waals surface area contributed by atoms with E-state index in [4.69, 9.17) is 18.8 Å². The maximum absolute atomic E-state index is 6.23. The van der Waals surface area contributed by atoms with Gasteiger partial charge in [0.25, 0.3) is 0 Å². The van der Waals surface area contributed by atoms with Crippen LogP contribution in [0.3, 0.4) is 0 Å². The first-order chi connectivity index (χ1) is 27.7. The Hall–Kier alpha value is -7.70. The van der Waals surface area contributed by atoms with Crippen molar-refractivity contribution in [3.05, 3.63) is 182 Å². The normalized spacial score (nSPS) is 11.9. The van der Waals surface area contributed by atoms with E-state index in [1.165, 1.54) is 21.8 Å². The highest BCUT2D eigenvalue weighted by Crippen LogP contribution is 2.39. The summed E-state index contributed by atoms with van der Waals surface area (Å²) in [5, 5.41) is 4.68. The topological polar surface area (TPSA) is 61.9 Å². The summed E-state index contributed by atoms with van der Waals surface area (Å²) in [6.07, 6.45) is 0. The average Bonchev–Trinajstić information content (AvgIpc) is 4.04. The highest BCUT2D eigenvalue weighted by Gasteiger charge is 2.19. The fourth-order valence-electron chi connectivity index (χ4n) is 8.39. The van der Waals surface area contributed by atoms with Gasteiger partial charge in [0.2, 0.25) is 11.8 Å². The molecule has 8 aromatic carbocycles. The molecule has 0 amide bonds. The first-order valence-electron chi connectivity index (χ1n) is 18.7. The summed E-state index contributed by atoms with van der Waals surface area (Å²) in [6, 6.07) is 63.6. The van der Waals surface area contributed by atoms with Crippen molar-refractivity contribution < 1.29 is 8.83 Å². The van der Waals surface area contributed by atoms with Crippen LogP contribution < -0.4 is 0 Å². The molecule has 0 spiro atoms. The molecular weight excluding hydrogens is 689 g/mol. The van der Waals surface area contributed by atoms with Crippen molar-refractivity contribution in [3.63, 3.8) is 0 Å². The second-order valence-electron chi connectivity index (χ2n) is 14.2. The molecule has 0 unspecified atom stereocenters. The molecule has 6 nitrogen and oxygen atoms in total. The molecule has 0 aliphatic carbocycles. The zero-order chi connectivity index (χ0) is 36.7. The quantitative estimate of drug-likeness (QED) is 0.178. The van der Waals surface area contributed by atoms with Crippen molar-refractivity contribution in [2.75, 3.05) is 0 Å². The van der Waals surface area contributed by atoms with Crippen LogP contribution in [-0.4, -0.2) is 19.1 Å². The summed E-state index contributed by atoms with van der Waals surface area (Å²) in [5.41, 5.74) is 14.1. The number of benzene rings is 8. The van der Waals surface area contributed by atoms with Crippen molar-refractivity contribution in [3.8, 4) is 45.4 Å². The van der Waals surface area contributed by atoms with Gasteiger partial charge in [0.15, 0.2) is 11.2 Å². The van der Waals surface area contributed by atoms with Crippen LogP contribution in [0.4, 0.5) is 0 Å². The molecule has 4 aromatic heterocycles. The van der Waals surface area contributed by atoms with Crippen LogP contribution in [0.15, 0.2) is 191 Å². The number of oxazole rings is 2. The molecule has 0 aliphatic rings. The molecule has 0 saturated heterocycles. The van der Waals surface area contributed by atoms with E-state index in [-0.39, 0.29) is 0 Å². The van der Waals surface area contributed by atoms with E-state index in [0.29, 0.717) is 11.8 Å². The van der Waals surface area contributed by atoms with Gasteiger partial charge in [-0.05, 0) is 108 Å². The van der Waals surface area contributed by atoms with Gasteiger partial charge in [0, 0.05) is 44.0 Å². The summed E-state index contributed by atoms with van der Waals surface area (Å²) in [4.78, 5) is 9.64. The van der Waals surface area contributed by atoms with Crippen molar-refractivity contribution in [1.82, 2.24) is 19.1 Å². The smallest absolute Gasteiger partial charge is 0.227 e. The second-order valence-corrected chi connectivity index (χ2v) is 14.2. The molecular formula is C50H30N4O2. The summed E-state index contributed by atoms with van der Waals surface area (Å²) < 4.78 is 17.1. The Morgan fingerprint density at radius 2 is 0.804 bits per heavy atom. The van der Waals surface area contributed by atoms with Crippen molar-refractivity contribution in [1.29, 1.82) is 0 Å². The Morgan fingerprint density at radius 1 is 0.321 bits per heavy atom. The molecule has 6 heteroatoms. The third-order valence-electron chi connectivity index (χ3n) is 11.0. The molecule has 0 aliphatic heterocycles. The lowest BCUT2D eigenvalue weighted by Crippen LogP contribution is -1.95. The van der Waals surface area contributed by atoms with E-state index in [1.54, 1.807) is 0 Å². The molecule has 262 valence electrons. The fraction of sp³-hybridized carbons (Fsp3) is 0. The summed E-state index contributed by atoms with van der Waals surface area (Å²) >= 11 is 0. The number of para-hydroxylation sites is 6. The molecule has 56 heavy (non-hydrogen) atoms. The third-order valence-corrected chi connectivity index (χ3v) is 11.0. The van der Waals surface area contributed by atoms with Gasteiger partial charge in [-0.3, -0.25) is 0 Å². The van der Waals surface area contributed by atoms with E-state index in [0.717, 1.165) is 77.6 Å². The number of hydrogen-bond acceptors (Lipinski definition) is 4. The molecule has 4 heterocycles. The van der Waals surface area contributed by atoms with E-state index in [2.05, 4.69) is 143 Å². The SMILES string of the molecule is c1cc(-c2ccc(-n3c4ccccc4c4ccccc43)cc2)cc(-n2c3ccc(-c4nc5ccccc5o4)cc3c3cc(-c4nc5ccccc5o4)ccc32)c1. The average molecular weight is 719 g/mol. The van der Waals surface area contributed by atoms with Gasteiger partial charge < -0.3 is 18.0 Å². The lowest BCUT2D eigenvalue weighted by Gasteiger charge is -2.12. The molecule has 12 rings (SSSR count). The second kappa shape index (κ2) is 11.9. The van der Waals surface area contributed by atoms with Crippen LogP contribution in [0.25, 0.3) is 111 Å². The number of fused-ring (bicyclic) bond motifs is 8. The molecule has 0 radical (unpaired) electrons. The van der Waals surface area contributed by atoms with Crippen LogP contribution in [0, 0.1) is 0 Å². The van der Waals surface area contributed by atoms with Gasteiger partial charge in [0.1, 0.15) is 11.0 Å². The Bertz CT molecular complexity index is 3240. The lowest BCUT2D eigenvalue weighted by atomic mass is 10.0. The van der Waals surface area contributed by atoms with Gasteiger partial charge in [0.05, 0.1) is 22.1 Å². The molecule has 0 saturated carbocycles. The standard InChI is InChI=1S/C50H30N4O2/c1-5-16-43-37(12-1)38-13-2-6-17-44(38)53(43)35-24-20-31(21-25-35)32-10-9-11-36(28-32)54-45-26-22-33(49-51-41-14-3-7-18-47(41)55-49)29-39(45)40-30-34(23-27-46(40)54)50-52-42-15-4-8-19-48(42)56-50/h1-30H. The predicted molar refractivity (Wildman–Crippen MR) is 227 cm³/mol. The van der Waals surface area contributed by atoms with Crippen LogP contribution >= 0.6 is 0 Å². The van der Waals surface area contributed by atoms with E-state index in [9.17, 15) is 0 Å². The van der Waals surface area contributed by atoms with E-state index < -0.39 is 0 Å². The highest BCUT2D eigenvalue weighted by atomic mass is 16.4. The van der Waals surface area contributed by atoms with Gasteiger partial charge >= 0.3 is 0 Å². The Kier molecular flexibility index (Phi) is 6.53. The zero-order valence-corrected chi connectivity index (χ0v) is 29.9. The monoisotopic (exact) mass is 718 g/mol. The Morgan fingerprint density at radius 3 is 1.38 bits per heavy atom. The summed E-state index contributed by atoms with van der Waals surface area (Å²) in [5.74, 6) is 1.19. The largest absolute Gasteiger partial charge is 0.436 e. The minimum Gasteiger partial charge on any atom is -0.436 e. The van der Waals surface area contributed by atoms with Gasteiger partial charge in [-0.2, -0.15) is 0 Å². The van der Waals surface area contributed by atoms with Gasteiger partial charge in [-0.15, -0.1) is 0 Å². The maximum Gasteiger partial charge on any atom is 0.227 e. The van der Waals surface area contributed by atoms with E-state index in [1.807, 2.05) is 48.5 Å². The Labute approximate surface area is 320 Å². The van der Waals surface area contributed by atoms with Crippen molar-refractivity contribution in [2.24, 2.45) is 0 Å². The van der Waals surface area contributed by atoms with Crippen molar-refractivity contribution >= 4 is 65.8 Å². The lowest BCUT2D eigenvalue weighted by molar-refractivity contribution is 0.619. The van der Waals surface area contributed by atoms with Gasteiger partial charge in [-0.1, -0.05) is 84.9 Å². The summed E-state index contributed by atoms with van der Waals surface area (Å²) in [7, 11) is 0. The van der Waals surface area contributed by atoms with Crippen LogP contribution in [0.5, 0.6) is 0 Å². The maximum atomic E-state index is 6.23. The predicted octanol–water partition coefficient (Wildman–Crippen LogP) is 13.2. The zero-order valence-electron chi connectivity index (χ0n) is 29.9. The highest BCUT2D eigenvalue weighted by molar-refractivity contribution is 6.12.